The quantitative estimate of drug-likeness (QED) is 0.606. The summed E-state index contributed by atoms with van der Waals surface area (Å²) < 4.78 is 9.53. The summed E-state index contributed by atoms with van der Waals surface area (Å²) in [5, 5.41) is 2.66. The third-order valence-electron chi connectivity index (χ3n) is 1.71. The zero-order valence-corrected chi connectivity index (χ0v) is 11.1. The third kappa shape index (κ3) is 9.41. The zero-order chi connectivity index (χ0) is 13.5. The number of hydrogen-bond acceptors (Lipinski definition) is 4. The SMILES string of the molecule is COC(=O)C=CCC(C)NC(=O)OC(C)(C)C. The molecular formula is C12H21NO4. The fraction of sp³-hybridized carbons (Fsp3) is 0.667. The summed E-state index contributed by atoms with van der Waals surface area (Å²) >= 11 is 0. The number of esters is 1. The van der Waals surface area contributed by atoms with Crippen LogP contribution in [0.3, 0.4) is 0 Å². The van der Waals surface area contributed by atoms with Crippen molar-refractivity contribution in [1.82, 2.24) is 5.32 Å². The Balaban J connectivity index is 3.94. The van der Waals surface area contributed by atoms with E-state index in [-0.39, 0.29) is 6.04 Å². The molecule has 0 aromatic heterocycles. The van der Waals surface area contributed by atoms with Crippen LogP contribution >= 0.6 is 0 Å². The summed E-state index contributed by atoms with van der Waals surface area (Å²) in [6, 6.07) is -0.106. The van der Waals surface area contributed by atoms with Gasteiger partial charge in [0.2, 0.25) is 0 Å². The second kappa shape index (κ2) is 6.93. The van der Waals surface area contributed by atoms with E-state index in [4.69, 9.17) is 4.74 Å². The minimum absolute atomic E-state index is 0.106. The standard InChI is InChI=1S/C12H21NO4/c1-9(7-6-8-10(14)16-5)13-11(15)17-12(2,3)4/h6,8-9H,7H2,1-5H3,(H,13,15). The minimum atomic E-state index is -0.508. The maximum absolute atomic E-state index is 11.4. The first-order chi connectivity index (χ1) is 7.74. The number of rotatable bonds is 4. The molecule has 0 heterocycles. The first-order valence-corrected chi connectivity index (χ1v) is 5.48. The van der Waals surface area contributed by atoms with Gasteiger partial charge < -0.3 is 14.8 Å². The Morgan fingerprint density at radius 1 is 1.35 bits per heavy atom. The molecule has 1 N–H and O–H groups in total. The lowest BCUT2D eigenvalue weighted by atomic mass is 10.2. The van der Waals surface area contributed by atoms with Crippen LogP contribution in [0.2, 0.25) is 0 Å². The van der Waals surface area contributed by atoms with Gasteiger partial charge in [0.15, 0.2) is 0 Å². The van der Waals surface area contributed by atoms with Gasteiger partial charge in [0.1, 0.15) is 5.60 Å². The monoisotopic (exact) mass is 243 g/mol. The van der Waals surface area contributed by atoms with Crippen molar-refractivity contribution >= 4 is 12.1 Å². The van der Waals surface area contributed by atoms with E-state index in [9.17, 15) is 9.59 Å². The van der Waals surface area contributed by atoms with Crippen LogP contribution in [0.15, 0.2) is 12.2 Å². The van der Waals surface area contributed by atoms with Gasteiger partial charge >= 0.3 is 12.1 Å². The van der Waals surface area contributed by atoms with Gasteiger partial charge in [-0.15, -0.1) is 0 Å². The lowest BCUT2D eigenvalue weighted by molar-refractivity contribution is -0.134. The van der Waals surface area contributed by atoms with Crippen LogP contribution in [0, 0.1) is 0 Å². The Bertz CT molecular complexity index is 291. The topological polar surface area (TPSA) is 64.6 Å². The summed E-state index contributed by atoms with van der Waals surface area (Å²) in [4.78, 5) is 22.2. The van der Waals surface area contributed by atoms with Crippen molar-refractivity contribution in [1.29, 1.82) is 0 Å². The Morgan fingerprint density at radius 2 is 1.94 bits per heavy atom. The Hall–Kier alpha value is -1.52. The normalized spacial score (nSPS) is 13.2. The van der Waals surface area contributed by atoms with Crippen LogP contribution in [0.25, 0.3) is 0 Å². The molecule has 1 amide bonds. The summed E-state index contributed by atoms with van der Waals surface area (Å²) in [6.45, 7) is 7.22. The number of nitrogens with one attached hydrogen (secondary N) is 1. The predicted molar refractivity (Wildman–Crippen MR) is 64.6 cm³/mol. The first kappa shape index (κ1) is 15.5. The Labute approximate surface area is 102 Å². The number of carbonyl (C=O) groups is 2. The van der Waals surface area contributed by atoms with Crippen molar-refractivity contribution in [3.8, 4) is 0 Å². The van der Waals surface area contributed by atoms with E-state index in [1.165, 1.54) is 13.2 Å². The van der Waals surface area contributed by atoms with Gasteiger partial charge in [0.05, 0.1) is 7.11 Å². The van der Waals surface area contributed by atoms with Gasteiger partial charge in [0.25, 0.3) is 0 Å². The average Bonchev–Trinajstić information content (AvgIpc) is 2.13. The molecule has 5 nitrogen and oxygen atoms in total. The molecule has 5 heteroatoms. The molecular weight excluding hydrogens is 222 g/mol. The number of methoxy groups -OCH3 is 1. The molecule has 0 aromatic rings. The van der Waals surface area contributed by atoms with Crippen molar-refractivity contribution in [2.75, 3.05) is 7.11 Å². The van der Waals surface area contributed by atoms with Crippen molar-refractivity contribution in [2.24, 2.45) is 0 Å². The summed E-state index contributed by atoms with van der Waals surface area (Å²) in [7, 11) is 1.31. The van der Waals surface area contributed by atoms with Gasteiger partial charge in [-0.05, 0) is 34.1 Å². The highest BCUT2D eigenvalue weighted by atomic mass is 16.6. The van der Waals surface area contributed by atoms with E-state index in [0.29, 0.717) is 6.42 Å². The number of carbonyl (C=O) groups excluding carboxylic acids is 2. The second-order valence-electron chi connectivity index (χ2n) is 4.71. The van der Waals surface area contributed by atoms with E-state index in [0.717, 1.165) is 0 Å². The molecule has 0 aliphatic heterocycles. The molecule has 0 aromatic carbocycles. The van der Waals surface area contributed by atoms with Crippen molar-refractivity contribution in [3.63, 3.8) is 0 Å². The van der Waals surface area contributed by atoms with Gasteiger partial charge in [-0.3, -0.25) is 0 Å². The van der Waals surface area contributed by atoms with Crippen molar-refractivity contribution in [2.45, 2.75) is 45.8 Å². The molecule has 0 aliphatic carbocycles. The van der Waals surface area contributed by atoms with Crippen LogP contribution in [-0.2, 0) is 14.3 Å². The molecule has 0 rings (SSSR count). The smallest absolute Gasteiger partial charge is 0.407 e. The van der Waals surface area contributed by atoms with E-state index >= 15 is 0 Å². The van der Waals surface area contributed by atoms with E-state index in [1.807, 2.05) is 6.92 Å². The summed E-state index contributed by atoms with van der Waals surface area (Å²) in [5.74, 6) is -0.408. The summed E-state index contributed by atoms with van der Waals surface area (Å²) in [6.07, 6.45) is 3.05. The van der Waals surface area contributed by atoms with E-state index in [1.54, 1.807) is 26.8 Å². The largest absolute Gasteiger partial charge is 0.466 e. The van der Waals surface area contributed by atoms with Crippen LogP contribution in [0.4, 0.5) is 4.79 Å². The van der Waals surface area contributed by atoms with Crippen LogP contribution in [0.1, 0.15) is 34.1 Å². The molecule has 98 valence electrons. The fourth-order valence-electron chi connectivity index (χ4n) is 1.00. The van der Waals surface area contributed by atoms with Gasteiger partial charge in [0, 0.05) is 12.1 Å². The fourth-order valence-corrected chi connectivity index (χ4v) is 1.00. The maximum Gasteiger partial charge on any atom is 0.407 e. The van der Waals surface area contributed by atoms with Crippen molar-refractivity contribution < 1.29 is 19.1 Å². The number of amides is 1. The van der Waals surface area contributed by atoms with Crippen molar-refractivity contribution in [3.05, 3.63) is 12.2 Å². The Kier molecular flexibility index (Phi) is 6.31. The Morgan fingerprint density at radius 3 is 2.41 bits per heavy atom. The highest BCUT2D eigenvalue weighted by molar-refractivity contribution is 5.81. The maximum atomic E-state index is 11.4. The van der Waals surface area contributed by atoms with Gasteiger partial charge in [-0.1, -0.05) is 6.08 Å². The lowest BCUT2D eigenvalue weighted by Crippen LogP contribution is -2.37. The van der Waals surface area contributed by atoms with Gasteiger partial charge in [-0.2, -0.15) is 0 Å². The lowest BCUT2D eigenvalue weighted by Gasteiger charge is -2.21. The molecule has 1 atom stereocenters. The first-order valence-electron chi connectivity index (χ1n) is 5.48. The molecule has 1 unspecified atom stereocenters. The third-order valence-corrected chi connectivity index (χ3v) is 1.71. The number of ether oxygens (including phenoxy) is 2. The molecule has 0 bridgehead atoms. The van der Waals surface area contributed by atoms with Gasteiger partial charge in [-0.25, -0.2) is 9.59 Å². The van der Waals surface area contributed by atoms with Crippen LogP contribution < -0.4 is 5.32 Å². The highest BCUT2D eigenvalue weighted by Crippen LogP contribution is 2.07. The van der Waals surface area contributed by atoms with E-state index < -0.39 is 17.7 Å². The summed E-state index contributed by atoms with van der Waals surface area (Å²) in [5.41, 5.74) is -0.508. The molecule has 0 radical (unpaired) electrons. The molecule has 0 aliphatic rings. The zero-order valence-electron chi connectivity index (χ0n) is 11.1. The molecule has 0 fully saturated rings. The minimum Gasteiger partial charge on any atom is -0.466 e. The average molecular weight is 243 g/mol. The van der Waals surface area contributed by atoms with Crippen LogP contribution in [0.5, 0.6) is 0 Å². The van der Waals surface area contributed by atoms with E-state index in [2.05, 4.69) is 10.1 Å². The molecule has 0 spiro atoms. The molecule has 0 saturated heterocycles. The highest BCUT2D eigenvalue weighted by Gasteiger charge is 2.17. The molecule has 17 heavy (non-hydrogen) atoms. The second-order valence-corrected chi connectivity index (χ2v) is 4.71. The van der Waals surface area contributed by atoms with Crippen LogP contribution in [-0.4, -0.2) is 30.8 Å². The molecule has 0 saturated carbocycles. The number of alkyl carbamates (subject to hydrolysis) is 1. The predicted octanol–water partition coefficient (Wildman–Crippen LogP) is 2.02. The number of hydrogen-bond donors (Lipinski definition) is 1.